The number of amides is 2. The minimum Gasteiger partial charge on any atom is -0.399 e. The van der Waals surface area contributed by atoms with Crippen LogP contribution in [0.1, 0.15) is 59.8 Å². The number of nitrogens with zero attached hydrogens (tertiary/aromatic N) is 10. The lowest BCUT2D eigenvalue weighted by Gasteiger charge is -2.32. The molecule has 3 aliphatic rings. The second-order valence-corrected chi connectivity index (χ2v) is 29.5. The number of aryl methyl sites for hydroxylation is 4. The van der Waals surface area contributed by atoms with Gasteiger partial charge in [-0.3, -0.25) is 18.2 Å². The van der Waals surface area contributed by atoms with Crippen molar-refractivity contribution >= 4 is 111 Å². The third-order valence-electron chi connectivity index (χ3n) is 18.5. The maximum atomic E-state index is 14.7. The highest BCUT2D eigenvalue weighted by molar-refractivity contribution is 7.92. The molecule has 1 fully saturated rings. The fourth-order valence-electron chi connectivity index (χ4n) is 12.5. The van der Waals surface area contributed by atoms with Gasteiger partial charge in [-0.15, -0.1) is 0 Å². The number of hydrogen-bond acceptors (Lipinski definition) is 12. The number of nitrogens with one attached hydrogen (secondary N) is 2. The van der Waals surface area contributed by atoms with Gasteiger partial charge in [0.25, 0.3) is 11.8 Å². The lowest BCUT2D eigenvalue weighted by Crippen LogP contribution is -2.41. The molecule has 15 rings (SSSR count). The Kier molecular flexibility index (Phi) is 16.9. The smallest absolute Gasteiger partial charge is 0.399 e. The van der Waals surface area contributed by atoms with E-state index in [9.17, 15) is 44.0 Å². The summed E-state index contributed by atoms with van der Waals surface area (Å²) in [5.74, 6) is -2.22. The van der Waals surface area contributed by atoms with Gasteiger partial charge in [0.05, 0.1) is 97.0 Å². The number of pyridine rings is 2. The lowest BCUT2D eigenvalue weighted by atomic mass is 9.77. The van der Waals surface area contributed by atoms with Gasteiger partial charge in [-0.1, -0.05) is 35.9 Å². The van der Waals surface area contributed by atoms with E-state index < -0.39 is 61.8 Å². The number of benzene rings is 6. The quantitative estimate of drug-likeness (QED) is 0.0741. The molecule has 98 heavy (non-hydrogen) atoms. The van der Waals surface area contributed by atoms with Crippen LogP contribution in [0.25, 0.3) is 89.0 Å². The molecule has 0 unspecified atom stereocenters. The number of fused-ring (bicyclic) bond motifs is 12. The van der Waals surface area contributed by atoms with Gasteiger partial charge in [-0.05, 0) is 173 Å². The van der Waals surface area contributed by atoms with E-state index in [0.717, 1.165) is 67.8 Å². The fourth-order valence-corrected chi connectivity index (χ4v) is 13.7. The van der Waals surface area contributed by atoms with Crippen LogP contribution < -0.4 is 24.7 Å². The van der Waals surface area contributed by atoms with Crippen LogP contribution in [0.5, 0.6) is 0 Å². The average molecular weight is 1390 g/mol. The molecule has 28 heteroatoms. The number of carbonyl (C=O) groups excluding carboxylic acids is 2. The molecule has 0 spiro atoms. The minimum atomic E-state index is -3.72. The number of sulfonamides is 2. The van der Waals surface area contributed by atoms with E-state index in [1.54, 1.807) is 48.5 Å². The van der Waals surface area contributed by atoms with Crippen molar-refractivity contribution in [1.82, 2.24) is 49.3 Å². The largest absolute Gasteiger partial charge is 0.497 e. The first-order chi connectivity index (χ1) is 46.4. The van der Waals surface area contributed by atoms with Crippen LogP contribution in [-0.4, -0.2) is 126 Å². The maximum Gasteiger partial charge on any atom is 0.497 e. The van der Waals surface area contributed by atoms with Crippen molar-refractivity contribution in [2.24, 2.45) is 0 Å². The molecule has 6 aromatic carbocycles. The van der Waals surface area contributed by atoms with Gasteiger partial charge in [0.1, 0.15) is 39.8 Å². The Morgan fingerprint density at radius 3 is 1.47 bits per heavy atom. The van der Waals surface area contributed by atoms with Gasteiger partial charge < -0.3 is 29.1 Å². The van der Waals surface area contributed by atoms with E-state index in [4.69, 9.17) is 25.9 Å². The highest BCUT2D eigenvalue weighted by Crippen LogP contribution is 2.43. The number of carbonyl (C=O) groups is 2. The summed E-state index contributed by atoms with van der Waals surface area (Å²) in [6, 6.07) is 39.1. The number of hydrogen-bond donors (Lipinski definition) is 2. The third-order valence-corrected chi connectivity index (χ3v) is 21.1. The summed E-state index contributed by atoms with van der Waals surface area (Å²) >= 11 is 5.98. The minimum absolute atomic E-state index is 0.192. The average Bonchev–Trinajstić information content (AvgIpc) is 1.63. The van der Waals surface area contributed by atoms with Crippen molar-refractivity contribution in [3.8, 4) is 45.4 Å². The van der Waals surface area contributed by atoms with Crippen LogP contribution in [0.15, 0.2) is 146 Å². The Balaban J connectivity index is 0.000000142. The van der Waals surface area contributed by atoms with Crippen LogP contribution in [-0.2, 0) is 55.3 Å². The number of anilines is 2. The van der Waals surface area contributed by atoms with Crippen LogP contribution >= 0.6 is 11.6 Å². The van der Waals surface area contributed by atoms with Crippen molar-refractivity contribution in [2.75, 3.05) is 49.3 Å². The number of halogens is 5. The Morgan fingerprint density at radius 1 is 0.561 bits per heavy atom. The fraction of sp³-hybridized carbons (Fsp3) is 0.229. The second-order valence-electron chi connectivity index (χ2n) is 25.0. The predicted molar refractivity (Wildman–Crippen MR) is 373 cm³/mol. The Labute approximate surface area is 566 Å². The molecule has 0 saturated carbocycles. The molecule has 20 nitrogen and oxygen atoms in total. The zero-order chi connectivity index (χ0) is 69.8. The SMILES string of the molecule is CNC(=O)c1c2cc(-c3ccc4c(n3)-c3cc5c(F)cccc5n3CC4)c(N(C)S(C)(=O)=O)cc2nn1-c1ccc(F)cc1.CNC(=O)c1c2cc(B3OC(C)(C)C(C)(C)O3)c(N(C)S(C)(=O)=O)cc2nn1-c1ccc(F)cc1.Fc1cccc2c1cc1n2CCc2ccc(Cl)nc2-1. The predicted octanol–water partition coefficient (Wildman–Crippen LogP) is 11.6. The Bertz CT molecular complexity index is 5490. The van der Waals surface area contributed by atoms with Gasteiger partial charge in [0.2, 0.25) is 20.0 Å². The molecule has 0 bridgehead atoms. The summed E-state index contributed by atoms with van der Waals surface area (Å²) in [5.41, 5.74) is 9.79. The molecule has 0 aliphatic carbocycles. The summed E-state index contributed by atoms with van der Waals surface area (Å²) in [6.45, 7) is 9.10. The van der Waals surface area contributed by atoms with E-state index in [1.165, 1.54) is 104 Å². The first kappa shape index (κ1) is 66.7. The molecule has 12 aromatic rings. The van der Waals surface area contributed by atoms with Crippen molar-refractivity contribution in [3.05, 3.63) is 197 Å². The summed E-state index contributed by atoms with van der Waals surface area (Å²) in [6.07, 6.45) is 3.78. The normalized spacial score (nSPS) is 14.4. The molecule has 9 heterocycles. The molecular weight excluding hydrogens is 1320 g/mol. The number of rotatable bonds is 10. The molecule has 1 saturated heterocycles. The standard InChI is InChI=1S/C32H26F2N6O3S.C23H28BFN4O5S.C15H10ClFN2/c1-35-32(41)31-23-15-22(28(38(2)44(3,42)43)17-26(23)37-40(31)20-10-8-19(33)9-11-20)25-12-7-18-13-14-39-27-6-4-5-24(34)21(27)16-29(39)30(18)36-25;1-22(2)23(3,4)34-24(33-22)17-12-16-18(13-19(17)28(6)35(7,31)32)27-29(20(16)21(30)26-5)15-10-8-14(25)9-11-15;16-14-5-4-9-6-7-19-12-3-1-2-11(17)10(12)8-13(19)15(9)18-14/h4-12,15-17H,13-14H2,1-3H3,(H,35,41);8-13H,1-7H3,(H,26,30);1-5,8H,6-7H2. The summed E-state index contributed by atoms with van der Waals surface area (Å²) in [4.78, 5) is 35.6. The zero-order valence-electron chi connectivity index (χ0n) is 54.7. The monoisotopic (exact) mass is 1390 g/mol. The first-order valence-corrected chi connectivity index (χ1v) is 35.1. The van der Waals surface area contributed by atoms with E-state index in [2.05, 4.69) is 30.4 Å². The van der Waals surface area contributed by atoms with E-state index in [-0.39, 0.29) is 23.0 Å². The van der Waals surface area contributed by atoms with Gasteiger partial charge in [-0.2, -0.15) is 10.2 Å². The van der Waals surface area contributed by atoms with Crippen molar-refractivity contribution in [3.63, 3.8) is 0 Å². The molecule has 0 radical (unpaired) electrons. The molecular formula is C70H64BClF4N12O8S2. The molecule has 3 aliphatic heterocycles. The van der Waals surface area contributed by atoms with E-state index in [1.807, 2.05) is 68.7 Å². The van der Waals surface area contributed by atoms with Crippen LogP contribution in [0.4, 0.5) is 28.9 Å². The Morgan fingerprint density at radius 2 is 1.00 bits per heavy atom. The Hall–Kier alpha value is -9.93. The summed E-state index contributed by atoms with van der Waals surface area (Å²) in [7, 11) is -2.40. The first-order valence-electron chi connectivity index (χ1n) is 31.0. The highest BCUT2D eigenvalue weighted by Gasteiger charge is 2.53. The van der Waals surface area contributed by atoms with Crippen LogP contribution in [0, 0.1) is 23.3 Å². The van der Waals surface area contributed by atoms with Crippen molar-refractivity contribution in [1.29, 1.82) is 0 Å². The van der Waals surface area contributed by atoms with Gasteiger partial charge >= 0.3 is 7.12 Å². The molecule has 0 atom stereocenters. The zero-order valence-corrected chi connectivity index (χ0v) is 57.1. The summed E-state index contributed by atoms with van der Waals surface area (Å²) < 4.78 is 128. The highest BCUT2D eigenvalue weighted by atomic mass is 35.5. The van der Waals surface area contributed by atoms with Gasteiger partial charge in [0, 0.05) is 73.9 Å². The van der Waals surface area contributed by atoms with E-state index >= 15 is 0 Å². The van der Waals surface area contributed by atoms with Gasteiger partial charge in [-0.25, -0.2) is 53.7 Å². The van der Waals surface area contributed by atoms with Crippen LogP contribution in [0.3, 0.4) is 0 Å². The summed E-state index contributed by atoms with van der Waals surface area (Å²) in [5, 5.41) is 17.0. The van der Waals surface area contributed by atoms with Crippen LogP contribution in [0.2, 0.25) is 5.15 Å². The second kappa shape index (κ2) is 24.9. The maximum absolute atomic E-state index is 14.7. The molecule has 6 aromatic heterocycles. The molecule has 2 amide bonds. The van der Waals surface area contributed by atoms with Crippen molar-refractivity contribution in [2.45, 2.75) is 64.8 Å². The topological polar surface area (TPSA) is 223 Å². The third kappa shape index (κ3) is 11.9. The van der Waals surface area contributed by atoms with Gasteiger partial charge in [0.15, 0.2) is 0 Å². The molecule has 2 N–H and O–H groups in total. The lowest BCUT2D eigenvalue weighted by molar-refractivity contribution is 0.00578. The number of aromatic nitrogens is 8. The van der Waals surface area contributed by atoms with Crippen molar-refractivity contribution < 1.29 is 53.3 Å². The van der Waals surface area contributed by atoms with E-state index in [0.29, 0.717) is 95.9 Å². The molecule has 502 valence electrons.